The van der Waals surface area contributed by atoms with Gasteiger partial charge in [-0.3, -0.25) is 9.36 Å². The summed E-state index contributed by atoms with van der Waals surface area (Å²) in [6, 6.07) is 30.1. The summed E-state index contributed by atoms with van der Waals surface area (Å²) in [5.41, 5.74) is 1.90. The number of amides is 1. The van der Waals surface area contributed by atoms with E-state index in [4.69, 9.17) is 0 Å². The molecular formula is C25H24N4OS2. The van der Waals surface area contributed by atoms with Gasteiger partial charge in [0.1, 0.15) is 5.82 Å². The minimum atomic E-state index is 0.0477. The van der Waals surface area contributed by atoms with Gasteiger partial charge in [-0.15, -0.1) is 22.0 Å². The SMILES string of the molecule is CCN(C(=O)CSc1nnc(CSc2ccccc2)n1-c1ccccc1)c1ccccc1. The minimum absolute atomic E-state index is 0.0477. The van der Waals surface area contributed by atoms with Crippen LogP contribution in [0.2, 0.25) is 0 Å². The number of nitrogens with zero attached hydrogens (tertiary/aromatic N) is 4. The van der Waals surface area contributed by atoms with Crippen LogP contribution in [0, 0.1) is 0 Å². The van der Waals surface area contributed by atoms with Gasteiger partial charge in [0.05, 0.1) is 11.5 Å². The van der Waals surface area contributed by atoms with E-state index in [1.54, 1.807) is 16.7 Å². The average molecular weight is 461 g/mol. The maximum atomic E-state index is 13.0. The second kappa shape index (κ2) is 11.0. The van der Waals surface area contributed by atoms with E-state index in [9.17, 15) is 4.79 Å². The van der Waals surface area contributed by atoms with Gasteiger partial charge >= 0.3 is 0 Å². The normalized spacial score (nSPS) is 10.8. The van der Waals surface area contributed by atoms with Crippen molar-refractivity contribution < 1.29 is 4.79 Å². The topological polar surface area (TPSA) is 51.0 Å². The zero-order valence-corrected chi connectivity index (χ0v) is 19.4. The molecule has 0 aliphatic heterocycles. The summed E-state index contributed by atoms with van der Waals surface area (Å²) in [5.74, 6) is 1.88. The Balaban J connectivity index is 1.53. The second-order valence-corrected chi connectivity index (χ2v) is 8.92. The molecule has 1 aromatic heterocycles. The summed E-state index contributed by atoms with van der Waals surface area (Å²) in [6.07, 6.45) is 0. The number of hydrogen-bond acceptors (Lipinski definition) is 5. The molecule has 3 aromatic carbocycles. The van der Waals surface area contributed by atoms with Gasteiger partial charge in [-0.1, -0.05) is 66.4 Å². The van der Waals surface area contributed by atoms with E-state index >= 15 is 0 Å². The van der Waals surface area contributed by atoms with Crippen LogP contribution in [0.25, 0.3) is 5.69 Å². The Kier molecular flexibility index (Phi) is 7.64. The molecule has 0 aliphatic rings. The van der Waals surface area contributed by atoms with Crippen LogP contribution in [0.15, 0.2) is 101 Å². The lowest BCUT2D eigenvalue weighted by molar-refractivity contribution is -0.116. The first-order valence-electron chi connectivity index (χ1n) is 10.4. The molecule has 1 amide bonds. The number of carbonyl (C=O) groups excluding carboxylic acids is 1. The minimum Gasteiger partial charge on any atom is -0.312 e. The second-order valence-electron chi connectivity index (χ2n) is 6.93. The molecule has 162 valence electrons. The number of thioether (sulfide) groups is 2. The Morgan fingerprint density at radius 1 is 0.844 bits per heavy atom. The Labute approximate surface area is 196 Å². The molecule has 5 nitrogen and oxygen atoms in total. The molecule has 0 saturated heterocycles. The third kappa shape index (κ3) is 5.41. The third-order valence-corrected chi connectivity index (χ3v) is 6.76. The Morgan fingerprint density at radius 2 is 1.47 bits per heavy atom. The summed E-state index contributed by atoms with van der Waals surface area (Å²) >= 11 is 3.14. The van der Waals surface area contributed by atoms with Gasteiger partial charge in [-0.2, -0.15) is 0 Å². The van der Waals surface area contributed by atoms with Crippen LogP contribution in [-0.4, -0.2) is 33.0 Å². The molecule has 0 radical (unpaired) electrons. The van der Waals surface area contributed by atoms with Gasteiger partial charge in [0, 0.05) is 22.8 Å². The molecule has 4 rings (SSSR count). The van der Waals surface area contributed by atoms with Crippen molar-refractivity contribution in [1.82, 2.24) is 14.8 Å². The standard InChI is InChI=1S/C25H24N4OS2/c1-2-28(20-12-6-3-7-13-20)24(30)19-32-25-27-26-23(18-31-22-16-10-5-11-17-22)29(25)21-14-8-4-9-15-21/h3-17H,2,18-19H2,1H3. The number of para-hydroxylation sites is 2. The van der Waals surface area contributed by atoms with Crippen LogP contribution in [0.1, 0.15) is 12.7 Å². The van der Waals surface area contributed by atoms with Gasteiger partial charge in [0.2, 0.25) is 5.91 Å². The van der Waals surface area contributed by atoms with Gasteiger partial charge in [0.15, 0.2) is 5.16 Å². The van der Waals surface area contributed by atoms with E-state index in [1.165, 1.54) is 16.7 Å². The van der Waals surface area contributed by atoms with Gasteiger partial charge in [-0.25, -0.2) is 0 Å². The van der Waals surface area contributed by atoms with Crippen LogP contribution in [-0.2, 0) is 10.5 Å². The zero-order chi connectivity index (χ0) is 22.2. The van der Waals surface area contributed by atoms with Gasteiger partial charge < -0.3 is 4.90 Å². The number of hydrogen-bond donors (Lipinski definition) is 0. The monoisotopic (exact) mass is 460 g/mol. The molecule has 1 heterocycles. The molecule has 0 fully saturated rings. The highest BCUT2D eigenvalue weighted by Gasteiger charge is 2.19. The largest absolute Gasteiger partial charge is 0.312 e. The molecule has 4 aromatic rings. The summed E-state index contributed by atoms with van der Waals surface area (Å²) < 4.78 is 2.05. The molecule has 0 N–H and O–H groups in total. The van der Waals surface area contributed by atoms with Gasteiger partial charge in [0.25, 0.3) is 0 Å². The molecular weight excluding hydrogens is 436 g/mol. The number of carbonyl (C=O) groups is 1. The predicted octanol–water partition coefficient (Wildman–Crippen LogP) is 5.70. The van der Waals surface area contributed by atoms with Crippen molar-refractivity contribution in [1.29, 1.82) is 0 Å². The van der Waals surface area contributed by atoms with Crippen molar-refractivity contribution in [2.45, 2.75) is 22.7 Å². The number of rotatable bonds is 9. The van der Waals surface area contributed by atoms with Crippen molar-refractivity contribution in [2.24, 2.45) is 0 Å². The summed E-state index contributed by atoms with van der Waals surface area (Å²) in [6.45, 7) is 2.61. The molecule has 7 heteroatoms. The molecule has 0 spiro atoms. The van der Waals surface area contributed by atoms with Crippen LogP contribution in [0.4, 0.5) is 5.69 Å². The van der Waals surface area contributed by atoms with Crippen LogP contribution >= 0.6 is 23.5 Å². The smallest absolute Gasteiger partial charge is 0.237 e. The third-order valence-electron chi connectivity index (χ3n) is 4.84. The lowest BCUT2D eigenvalue weighted by atomic mass is 10.3. The number of aromatic nitrogens is 3. The predicted molar refractivity (Wildman–Crippen MR) is 133 cm³/mol. The molecule has 0 saturated carbocycles. The summed E-state index contributed by atoms with van der Waals surface area (Å²) in [7, 11) is 0. The lowest BCUT2D eigenvalue weighted by Crippen LogP contribution is -2.32. The lowest BCUT2D eigenvalue weighted by Gasteiger charge is -2.20. The molecule has 0 atom stereocenters. The van der Waals surface area contributed by atoms with Crippen LogP contribution < -0.4 is 4.90 Å². The first kappa shape index (κ1) is 22.2. The Bertz CT molecular complexity index is 1130. The number of benzene rings is 3. The number of anilines is 1. The fourth-order valence-corrected chi connectivity index (χ4v) is 4.98. The first-order chi connectivity index (χ1) is 15.8. The highest BCUT2D eigenvalue weighted by molar-refractivity contribution is 7.99. The highest BCUT2D eigenvalue weighted by Crippen LogP contribution is 2.27. The maximum Gasteiger partial charge on any atom is 0.237 e. The van der Waals surface area contributed by atoms with Crippen molar-refractivity contribution in [3.63, 3.8) is 0 Å². The van der Waals surface area contributed by atoms with Crippen molar-refractivity contribution in [3.05, 3.63) is 96.8 Å². The molecule has 0 bridgehead atoms. The van der Waals surface area contributed by atoms with Crippen LogP contribution in [0.5, 0.6) is 0 Å². The van der Waals surface area contributed by atoms with Crippen molar-refractivity contribution in [3.8, 4) is 5.69 Å². The van der Waals surface area contributed by atoms with E-state index in [0.29, 0.717) is 18.1 Å². The fourth-order valence-electron chi connectivity index (χ4n) is 3.30. The van der Waals surface area contributed by atoms with E-state index < -0.39 is 0 Å². The molecule has 0 aliphatic carbocycles. The summed E-state index contributed by atoms with van der Waals surface area (Å²) in [4.78, 5) is 15.9. The van der Waals surface area contributed by atoms with E-state index in [1.807, 2.05) is 90.4 Å². The van der Waals surface area contributed by atoms with Crippen LogP contribution in [0.3, 0.4) is 0 Å². The maximum absolute atomic E-state index is 13.0. The van der Waals surface area contributed by atoms with E-state index in [0.717, 1.165) is 22.4 Å². The highest BCUT2D eigenvalue weighted by atomic mass is 32.2. The van der Waals surface area contributed by atoms with Crippen molar-refractivity contribution >= 4 is 35.1 Å². The van der Waals surface area contributed by atoms with Crippen molar-refractivity contribution in [2.75, 3.05) is 17.2 Å². The zero-order valence-electron chi connectivity index (χ0n) is 17.8. The van der Waals surface area contributed by atoms with Gasteiger partial charge in [-0.05, 0) is 43.3 Å². The first-order valence-corrected chi connectivity index (χ1v) is 12.4. The quantitative estimate of drug-likeness (QED) is 0.300. The fraction of sp³-hybridized carbons (Fsp3) is 0.160. The van der Waals surface area contributed by atoms with E-state index in [2.05, 4.69) is 22.3 Å². The Morgan fingerprint density at radius 3 is 2.12 bits per heavy atom. The summed E-state index contributed by atoms with van der Waals surface area (Å²) in [5, 5.41) is 9.60. The Hall–Kier alpha value is -3.03. The molecule has 32 heavy (non-hydrogen) atoms. The molecule has 0 unspecified atom stereocenters. The van der Waals surface area contributed by atoms with E-state index in [-0.39, 0.29) is 5.91 Å². The average Bonchev–Trinajstić information content (AvgIpc) is 3.26.